The van der Waals surface area contributed by atoms with Crippen LogP contribution in [-0.2, 0) is 0 Å². The second-order valence-corrected chi connectivity index (χ2v) is 7.19. The highest BCUT2D eigenvalue weighted by molar-refractivity contribution is 6.03. The van der Waals surface area contributed by atoms with Crippen LogP contribution in [-0.4, -0.2) is 35.9 Å². The Kier molecular flexibility index (Phi) is 6.78. The molecule has 0 fully saturated rings. The van der Waals surface area contributed by atoms with Gasteiger partial charge in [0.05, 0.1) is 7.11 Å². The second kappa shape index (κ2) is 10.3. The van der Waals surface area contributed by atoms with E-state index in [-0.39, 0.29) is 17.5 Å². The van der Waals surface area contributed by atoms with Gasteiger partial charge in [0.15, 0.2) is 0 Å². The Morgan fingerprint density at radius 2 is 1.35 bits per heavy atom. The molecular formula is C26H22N4O4. The number of benzene rings is 2. The molecule has 2 aromatic heterocycles. The van der Waals surface area contributed by atoms with Gasteiger partial charge in [-0.1, -0.05) is 12.1 Å². The van der Waals surface area contributed by atoms with Crippen LogP contribution in [0.5, 0.6) is 17.2 Å². The number of hydrogen-bond donors (Lipinski definition) is 2. The maximum Gasteiger partial charge on any atom is 0.274 e. The minimum atomic E-state index is -0.326. The van der Waals surface area contributed by atoms with E-state index in [1.165, 1.54) is 13.2 Å². The third-order valence-corrected chi connectivity index (χ3v) is 4.95. The predicted octanol–water partition coefficient (Wildman–Crippen LogP) is 4.56. The van der Waals surface area contributed by atoms with Crippen LogP contribution in [0.3, 0.4) is 0 Å². The van der Waals surface area contributed by atoms with Crippen LogP contribution >= 0.6 is 0 Å². The molecule has 2 aromatic carbocycles. The summed E-state index contributed by atoms with van der Waals surface area (Å²) in [4.78, 5) is 32.7. The molecule has 0 radical (unpaired) electrons. The SMILES string of the molecule is CNC(=O)c1cc(Oc2ccc(NC(=O)c3cc(-c4ccc(OC)cc4)ccn3)cc2)ccn1. The van der Waals surface area contributed by atoms with Crippen molar-refractivity contribution in [3.63, 3.8) is 0 Å². The predicted molar refractivity (Wildman–Crippen MR) is 128 cm³/mol. The Morgan fingerprint density at radius 1 is 0.706 bits per heavy atom. The Morgan fingerprint density at radius 3 is 2.03 bits per heavy atom. The average Bonchev–Trinajstić information content (AvgIpc) is 2.89. The van der Waals surface area contributed by atoms with Crippen molar-refractivity contribution in [2.24, 2.45) is 0 Å². The summed E-state index contributed by atoms with van der Waals surface area (Å²) >= 11 is 0. The maximum absolute atomic E-state index is 12.7. The highest BCUT2D eigenvalue weighted by Crippen LogP contribution is 2.25. The number of aromatic nitrogens is 2. The van der Waals surface area contributed by atoms with Crippen molar-refractivity contribution < 1.29 is 19.1 Å². The molecule has 8 nitrogen and oxygen atoms in total. The lowest BCUT2D eigenvalue weighted by atomic mass is 10.1. The van der Waals surface area contributed by atoms with Gasteiger partial charge in [-0.05, 0) is 65.7 Å². The summed E-state index contributed by atoms with van der Waals surface area (Å²) in [6.07, 6.45) is 3.11. The van der Waals surface area contributed by atoms with E-state index in [4.69, 9.17) is 9.47 Å². The van der Waals surface area contributed by atoms with E-state index in [0.717, 1.165) is 16.9 Å². The molecular weight excluding hydrogens is 432 g/mol. The van der Waals surface area contributed by atoms with E-state index >= 15 is 0 Å². The lowest BCUT2D eigenvalue weighted by Gasteiger charge is -2.09. The standard InChI is InChI=1S/C26H22N4O4/c1-27-25(31)24-16-22(12-14-29-24)34-21-9-5-19(6-10-21)30-26(32)23-15-18(11-13-28-23)17-3-7-20(33-2)8-4-17/h3-16H,1-2H3,(H,27,31)(H,30,32). The molecule has 0 aliphatic rings. The monoisotopic (exact) mass is 454 g/mol. The van der Waals surface area contributed by atoms with Crippen molar-refractivity contribution in [2.45, 2.75) is 0 Å². The van der Waals surface area contributed by atoms with Gasteiger partial charge in [0.2, 0.25) is 0 Å². The van der Waals surface area contributed by atoms with Gasteiger partial charge in [-0.25, -0.2) is 0 Å². The van der Waals surface area contributed by atoms with Gasteiger partial charge in [0, 0.05) is 31.2 Å². The number of anilines is 1. The Hall–Kier alpha value is -4.72. The first-order valence-corrected chi connectivity index (χ1v) is 10.4. The molecule has 34 heavy (non-hydrogen) atoms. The van der Waals surface area contributed by atoms with Gasteiger partial charge < -0.3 is 20.1 Å². The van der Waals surface area contributed by atoms with Crippen molar-refractivity contribution in [2.75, 3.05) is 19.5 Å². The number of methoxy groups -OCH3 is 1. The van der Waals surface area contributed by atoms with Gasteiger partial charge in [0.1, 0.15) is 28.6 Å². The minimum absolute atomic E-state index is 0.258. The number of ether oxygens (including phenoxy) is 2. The number of carbonyl (C=O) groups is 2. The summed E-state index contributed by atoms with van der Waals surface area (Å²) in [7, 11) is 3.15. The van der Waals surface area contributed by atoms with Crippen LogP contribution in [0.25, 0.3) is 11.1 Å². The summed E-state index contributed by atoms with van der Waals surface area (Å²) in [5.74, 6) is 1.16. The molecule has 4 rings (SSSR count). The van der Waals surface area contributed by atoms with Crippen LogP contribution in [0.1, 0.15) is 21.0 Å². The largest absolute Gasteiger partial charge is 0.497 e. The Labute approximate surface area is 196 Å². The molecule has 0 saturated carbocycles. The fourth-order valence-corrected chi connectivity index (χ4v) is 3.18. The minimum Gasteiger partial charge on any atom is -0.497 e. The average molecular weight is 454 g/mol. The molecule has 0 spiro atoms. The third-order valence-electron chi connectivity index (χ3n) is 4.95. The number of amides is 2. The zero-order valence-corrected chi connectivity index (χ0v) is 18.6. The molecule has 0 aliphatic heterocycles. The van der Waals surface area contributed by atoms with Crippen LogP contribution in [0, 0.1) is 0 Å². The first-order chi connectivity index (χ1) is 16.6. The van der Waals surface area contributed by atoms with E-state index in [2.05, 4.69) is 20.6 Å². The number of nitrogens with one attached hydrogen (secondary N) is 2. The molecule has 2 heterocycles. The Balaban J connectivity index is 1.42. The number of pyridine rings is 2. The van der Waals surface area contributed by atoms with Crippen molar-refractivity contribution in [1.82, 2.24) is 15.3 Å². The molecule has 170 valence electrons. The highest BCUT2D eigenvalue weighted by atomic mass is 16.5. The third kappa shape index (κ3) is 5.36. The molecule has 4 aromatic rings. The number of rotatable bonds is 7. The fraction of sp³-hybridized carbons (Fsp3) is 0.0769. The first-order valence-electron chi connectivity index (χ1n) is 10.4. The van der Waals surface area contributed by atoms with Crippen molar-refractivity contribution in [3.8, 4) is 28.4 Å². The number of nitrogens with zero attached hydrogens (tertiary/aromatic N) is 2. The van der Waals surface area contributed by atoms with Gasteiger partial charge >= 0.3 is 0 Å². The molecule has 0 unspecified atom stereocenters. The van der Waals surface area contributed by atoms with Gasteiger partial charge in [-0.2, -0.15) is 0 Å². The van der Waals surface area contributed by atoms with E-state index in [9.17, 15) is 9.59 Å². The van der Waals surface area contributed by atoms with Crippen LogP contribution < -0.4 is 20.1 Å². The van der Waals surface area contributed by atoms with Gasteiger partial charge in [0.25, 0.3) is 11.8 Å². The molecule has 2 N–H and O–H groups in total. The summed E-state index contributed by atoms with van der Waals surface area (Å²) < 4.78 is 11.0. The molecule has 0 atom stereocenters. The molecule has 2 amide bonds. The molecule has 0 aliphatic carbocycles. The normalized spacial score (nSPS) is 10.3. The summed E-state index contributed by atoms with van der Waals surface area (Å²) in [6.45, 7) is 0. The fourth-order valence-electron chi connectivity index (χ4n) is 3.18. The van der Waals surface area contributed by atoms with Crippen molar-refractivity contribution in [1.29, 1.82) is 0 Å². The highest BCUT2D eigenvalue weighted by Gasteiger charge is 2.11. The van der Waals surface area contributed by atoms with Crippen molar-refractivity contribution in [3.05, 3.63) is 96.6 Å². The first kappa shape index (κ1) is 22.5. The van der Waals surface area contributed by atoms with Crippen LogP contribution in [0.4, 0.5) is 5.69 Å². The van der Waals surface area contributed by atoms with Crippen LogP contribution in [0.15, 0.2) is 85.2 Å². The summed E-state index contributed by atoms with van der Waals surface area (Å²) in [5.41, 5.74) is 2.98. The van der Waals surface area contributed by atoms with E-state index in [1.54, 1.807) is 55.8 Å². The summed E-state index contributed by atoms with van der Waals surface area (Å²) in [5, 5.41) is 5.36. The van der Waals surface area contributed by atoms with Crippen LogP contribution in [0.2, 0.25) is 0 Å². The quantitative estimate of drug-likeness (QED) is 0.425. The zero-order chi connectivity index (χ0) is 23.9. The summed E-state index contributed by atoms with van der Waals surface area (Å²) in [6, 6.07) is 21.3. The van der Waals surface area contributed by atoms with E-state index < -0.39 is 0 Å². The second-order valence-electron chi connectivity index (χ2n) is 7.19. The lowest BCUT2D eigenvalue weighted by Crippen LogP contribution is -2.18. The lowest BCUT2D eigenvalue weighted by molar-refractivity contribution is 0.0957. The number of hydrogen-bond acceptors (Lipinski definition) is 6. The maximum atomic E-state index is 12.7. The van der Waals surface area contributed by atoms with Gasteiger partial charge in [-0.15, -0.1) is 0 Å². The van der Waals surface area contributed by atoms with Crippen molar-refractivity contribution >= 4 is 17.5 Å². The topological polar surface area (TPSA) is 102 Å². The number of carbonyl (C=O) groups excluding carboxylic acids is 2. The van der Waals surface area contributed by atoms with Gasteiger partial charge in [-0.3, -0.25) is 19.6 Å². The smallest absolute Gasteiger partial charge is 0.274 e. The van der Waals surface area contributed by atoms with E-state index in [1.807, 2.05) is 30.3 Å². The Bertz CT molecular complexity index is 1310. The van der Waals surface area contributed by atoms with E-state index in [0.29, 0.717) is 22.9 Å². The zero-order valence-electron chi connectivity index (χ0n) is 18.6. The molecule has 8 heteroatoms. The molecule has 0 saturated heterocycles. The molecule has 0 bridgehead atoms.